The molecule has 1 aromatic carbocycles. The molecular weight excluding hydrogens is 256 g/mol. The molecule has 1 unspecified atom stereocenters. The molecule has 1 saturated heterocycles. The van der Waals surface area contributed by atoms with Gasteiger partial charge in [-0.1, -0.05) is 12.1 Å². The smallest absolute Gasteiger partial charge is 0.227 e. The Balaban J connectivity index is 2.20. The number of rotatable bonds is 3. The topological polar surface area (TPSA) is 44.1 Å². The average Bonchev–Trinajstić information content (AvgIpc) is 2.80. The molecule has 1 aromatic rings. The highest BCUT2D eigenvalue weighted by Gasteiger charge is 2.30. The summed E-state index contributed by atoms with van der Waals surface area (Å²) in [5, 5.41) is 9.11. The zero-order chi connectivity index (χ0) is 14.0. The average molecular weight is 274 g/mol. The van der Waals surface area contributed by atoms with E-state index in [4.69, 9.17) is 5.26 Å². The van der Waals surface area contributed by atoms with Crippen molar-refractivity contribution < 1.29 is 4.79 Å². The van der Waals surface area contributed by atoms with E-state index in [2.05, 4.69) is 18.7 Å². The van der Waals surface area contributed by atoms with Crippen LogP contribution in [-0.2, 0) is 10.2 Å². The molecule has 1 amide bonds. The Kier molecular flexibility index (Phi) is 3.86. The molecule has 1 atom stereocenters. The number of hydrogen-bond acceptors (Lipinski definition) is 3. The standard InChI is InChI=1S/C15H18N2OS/c1-15(2,10-16)12-3-5-13(6-4-12)17-8-11(9-19)7-14(17)18/h3-6,11,19H,7-9H2,1-2H3. The number of hydrogen-bond donors (Lipinski definition) is 1. The van der Waals surface area contributed by atoms with E-state index < -0.39 is 5.41 Å². The molecule has 0 aromatic heterocycles. The van der Waals surface area contributed by atoms with Crippen molar-refractivity contribution >= 4 is 24.2 Å². The lowest BCUT2D eigenvalue weighted by atomic mass is 9.86. The SMILES string of the molecule is CC(C)(C#N)c1ccc(N2CC(CS)CC2=O)cc1. The molecule has 0 radical (unpaired) electrons. The Labute approximate surface area is 119 Å². The van der Waals surface area contributed by atoms with E-state index in [0.29, 0.717) is 12.3 Å². The van der Waals surface area contributed by atoms with Gasteiger partial charge < -0.3 is 4.90 Å². The van der Waals surface area contributed by atoms with Crippen LogP contribution in [0.1, 0.15) is 25.8 Å². The van der Waals surface area contributed by atoms with Crippen LogP contribution < -0.4 is 4.90 Å². The van der Waals surface area contributed by atoms with Crippen molar-refractivity contribution in [2.75, 3.05) is 17.2 Å². The van der Waals surface area contributed by atoms with Crippen molar-refractivity contribution in [1.29, 1.82) is 5.26 Å². The first-order valence-corrected chi connectivity index (χ1v) is 7.04. The van der Waals surface area contributed by atoms with Crippen molar-refractivity contribution in [3.8, 4) is 6.07 Å². The second-order valence-corrected chi connectivity index (χ2v) is 5.91. The van der Waals surface area contributed by atoms with E-state index in [1.165, 1.54) is 0 Å². The van der Waals surface area contributed by atoms with E-state index in [-0.39, 0.29) is 5.91 Å². The molecule has 0 bridgehead atoms. The monoisotopic (exact) mass is 274 g/mol. The van der Waals surface area contributed by atoms with Gasteiger partial charge in [0.05, 0.1) is 11.5 Å². The van der Waals surface area contributed by atoms with Crippen LogP contribution in [-0.4, -0.2) is 18.2 Å². The first-order valence-electron chi connectivity index (χ1n) is 6.41. The Hall–Kier alpha value is -1.47. The van der Waals surface area contributed by atoms with Crippen LogP contribution in [0, 0.1) is 17.2 Å². The predicted molar refractivity (Wildman–Crippen MR) is 79.4 cm³/mol. The number of benzene rings is 1. The normalized spacial score (nSPS) is 19.6. The number of nitrogens with zero attached hydrogens (tertiary/aromatic N) is 2. The van der Waals surface area contributed by atoms with E-state index in [1.54, 1.807) is 0 Å². The number of thiol groups is 1. The number of carbonyl (C=O) groups excluding carboxylic acids is 1. The molecule has 100 valence electrons. The highest BCUT2D eigenvalue weighted by Crippen LogP contribution is 2.28. The Bertz CT molecular complexity index is 516. The van der Waals surface area contributed by atoms with Gasteiger partial charge in [0.1, 0.15) is 0 Å². The van der Waals surface area contributed by atoms with Gasteiger partial charge in [0.25, 0.3) is 0 Å². The minimum atomic E-state index is -0.499. The Morgan fingerprint density at radius 1 is 1.42 bits per heavy atom. The van der Waals surface area contributed by atoms with Crippen LogP contribution in [0.25, 0.3) is 0 Å². The van der Waals surface area contributed by atoms with Gasteiger partial charge in [0.2, 0.25) is 5.91 Å². The van der Waals surface area contributed by atoms with Crippen LogP contribution in [0.4, 0.5) is 5.69 Å². The first kappa shape index (κ1) is 14.0. The van der Waals surface area contributed by atoms with Crippen molar-refractivity contribution in [2.45, 2.75) is 25.7 Å². The van der Waals surface area contributed by atoms with E-state index in [1.807, 2.05) is 43.0 Å². The molecule has 3 nitrogen and oxygen atoms in total. The molecule has 1 aliphatic heterocycles. The fourth-order valence-electron chi connectivity index (χ4n) is 2.28. The van der Waals surface area contributed by atoms with Gasteiger partial charge in [0, 0.05) is 18.7 Å². The van der Waals surface area contributed by atoms with Crippen molar-refractivity contribution in [1.82, 2.24) is 0 Å². The zero-order valence-electron chi connectivity index (χ0n) is 11.3. The van der Waals surface area contributed by atoms with Crippen molar-refractivity contribution in [3.05, 3.63) is 29.8 Å². The molecule has 1 heterocycles. The van der Waals surface area contributed by atoms with Gasteiger partial charge in [-0.15, -0.1) is 0 Å². The zero-order valence-corrected chi connectivity index (χ0v) is 12.2. The summed E-state index contributed by atoms with van der Waals surface area (Å²) in [6, 6.07) is 9.99. The quantitative estimate of drug-likeness (QED) is 0.861. The van der Waals surface area contributed by atoms with Crippen LogP contribution >= 0.6 is 12.6 Å². The number of anilines is 1. The summed E-state index contributed by atoms with van der Waals surface area (Å²) in [6.07, 6.45) is 0.578. The third-order valence-electron chi connectivity index (χ3n) is 3.64. The predicted octanol–water partition coefficient (Wildman–Crippen LogP) is 2.77. The lowest BCUT2D eigenvalue weighted by Gasteiger charge is -2.20. The van der Waals surface area contributed by atoms with Gasteiger partial charge in [-0.05, 0) is 43.2 Å². The number of carbonyl (C=O) groups is 1. The molecule has 0 saturated carbocycles. The third kappa shape index (κ3) is 2.76. The van der Waals surface area contributed by atoms with Crippen LogP contribution in [0.15, 0.2) is 24.3 Å². The van der Waals surface area contributed by atoms with Gasteiger partial charge >= 0.3 is 0 Å². The summed E-state index contributed by atoms with van der Waals surface area (Å²) in [4.78, 5) is 13.7. The summed E-state index contributed by atoms with van der Waals surface area (Å²) in [5.41, 5.74) is 1.38. The molecular formula is C15H18N2OS. The second-order valence-electron chi connectivity index (χ2n) is 5.54. The molecule has 1 fully saturated rings. The summed E-state index contributed by atoms with van der Waals surface area (Å²) in [7, 11) is 0. The summed E-state index contributed by atoms with van der Waals surface area (Å²) >= 11 is 4.26. The van der Waals surface area contributed by atoms with E-state index in [9.17, 15) is 4.79 Å². The number of amides is 1. The largest absolute Gasteiger partial charge is 0.312 e. The maximum atomic E-state index is 11.9. The van der Waals surface area contributed by atoms with Crippen LogP contribution in [0.3, 0.4) is 0 Å². The summed E-state index contributed by atoms with van der Waals surface area (Å²) in [6.45, 7) is 4.52. The van der Waals surface area contributed by atoms with Gasteiger partial charge in [0.15, 0.2) is 0 Å². The molecule has 1 aliphatic rings. The highest BCUT2D eigenvalue weighted by atomic mass is 32.1. The molecule has 19 heavy (non-hydrogen) atoms. The van der Waals surface area contributed by atoms with Gasteiger partial charge in [-0.3, -0.25) is 4.79 Å². The highest BCUT2D eigenvalue weighted by molar-refractivity contribution is 7.80. The lowest BCUT2D eigenvalue weighted by Crippen LogP contribution is -2.24. The molecule has 0 aliphatic carbocycles. The summed E-state index contributed by atoms with van der Waals surface area (Å²) in [5.74, 6) is 1.24. The van der Waals surface area contributed by atoms with Crippen LogP contribution in [0.5, 0.6) is 0 Å². The number of nitriles is 1. The Morgan fingerprint density at radius 3 is 2.53 bits per heavy atom. The maximum absolute atomic E-state index is 11.9. The van der Waals surface area contributed by atoms with Gasteiger partial charge in [-0.2, -0.15) is 17.9 Å². The summed E-state index contributed by atoms with van der Waals surface area (Å²) < 4.78 is 0. The van der Waals surface area contributed by atoms with E-state index >= 15 is 0 Å². The second kappa shape index (κ2) is 5.26. The molecule has 0 spiro atoms. The molecule has 2 rings (SSSR count). The van der Waals surface area contributed by atoms with Crippen molar-refractivity contribution in [3.63, 3.8) is 0 Å². The fraction of sp³-hybridized carbons (Fsp3) is 0.467. The Morgan fingerprint density at radius 2 is 2.05 bits per heavy atom. The third-order valence-corrected chi connectivity index (χ3v) is 4.16. The minimum Gasteiger partial charge on any atom is -0.312 e. The fourth-order valence-corrected chi connectivity index (χ4v) is 2.52. The lowest BCUT2D eigenvalue weighted by molar-refractivity contribution is -0.117. The van der Waals surface area contributed by atoms with Crippen molar-refractivity contribution in [2.24, 2.45) is 5.92 Å². The molecule has 4 heteroatoms. The minimum absolute atomic E-state index is 0.159. The maximum Gasteiger partial charge on any atom is 0.227 e. The first-order chi connectivity index (χ1) is 8.97. The molecule has 0 N–H and O–H groups in total. The van der Waals surface area contributed by atoms with Crippen LogP contribution in [0.2, 0.25) is 0 Å². The van der Waals surface area contributed by atoms with E-state index in [0.717, 1.165) is 23.5 Å². The van der Waals surface area contributed by atoms with Gasteiger partial charge in [-0.25, -0.2) is 0 Å².